The average Bonchev–Trinajstić information content (AvgIpc) is 2.71. The lowest BCUT2D eigenvalue weighted by Gasteiger charge is -2.33. The molecule has 0 saturated heterocycles. The third-order valence-electron chi connectivity index (χ3n) is 4.83. The smallest absolute Gasteiger partial charge is 0.200 e. The van der Waals surface area contributed by atoms with E-state index in [1.54, 1.807) is 6.92 Å². The van der Waals surface area contributed by atoms with Crippen LogP contribution in [0.25, 0.3) is 11.1 Å². The predicted molar refractivity (Wildman–Crippen MR) is 88.7 cm³/mol. The lowest BCUT2D eigenvalue weighted by atomic mass is 9.58. The lowest BCUT2D eigenvalue weighted by molar-refractivity contribution is 0.375. The second kappa shape index (κ2) is 8.32. The van der Waals surface area contributed by atoms with Crippen molar-refractivity contribution >= 4 is 7.85 Å². The highest BCUT2D eigenvalue weighted by Crippen LogP contribution is 2.44. The number of unbranched alkanes of at least 4 members (excludes halogenated alkanes) is 1. The Balaban J connectivity index is 3.09. The zero-order chi connectivity index (χ0) is 22.3. The van der Waals surface area contributed by atoms with Gasteiger partial charge in [0.05, 0.1) is 13.4 Å². The van der Waals surface area contributed by atoms with Gasteiger partial charge in [-0.1, -0.05) is 39.5 Å². The third kappa shape index (κ3) is 3.61. The molecule has 0 saturated carbocycles. The van der Waals surface area contributed by atoms with Crippen LogP contribution in [-0.4, -0.2) is 7.85 Å². The van der Waals surface area contributed by atoms with Crippen molar-refractivity contribution < 1.29 is 39.5 Å². The van der Waals surface area contributed by atoms with E-state index in [2.05, 4.69) is 0 Å². The molecule has 0 heterocycles. The number of halogens is 9. The van der Waals surface area contributed by atoms with Crippen LogP contribution in [0.15, 0.2) is 0 Å². The van der Waals surface area contributed by atoms with Crippen LogP contribution < -0.4 is 0 Å². The first kappa shape index (κ1) is 23.2. The first-order valence-electron chi connectivity index (χ1n) is 8.61. The molecule has 2 radical (unpaired) electrons. The maximum atomic E-state index is 14.7. The quantitative estimate of drug-likeness (QED) is 0.213. The van der Waals surface area contributed by atoms with Crippen LogP contribution in [0.3, 0.4) is 0 Å². The first-order valence-corrected chi connectivity index (χ1v) is 8.61. The van der Waals surface area contributed by atoms with E-state index in [0.717, 1.165) is 0 Å². The van der Waals surface area contributed by atoms with Crippen LogP contribution in [0.5, 0.6) is 0 Å². The van der Waals surface area contributed by atoms with Gasteiger partial charge in [0.25, 0.3) is 0 Å². The highest BCUT2D eigenvalue weighted by atomic mass is 19.2. The third-order valence-corrected chi connectivity index (χ3v) is 4.83. The van der Waals surface area contributed by atoms with Crippen molar-refractivity contribution in [3.63, 3.8) is 0 Å². The fourth-order valence-corrected chi connectivity index (χ4v) is 3.13. The van der Waals surface area contributed by atoms with Crippen molar-refractivity contribution in [3.05, 3.63) is 57.9 Å². The summed E-state index contributed by atoms with van der Waals surface area (Å²) < 4.78 is 126. The van der Waals surface area contributed by atoms with Gasteiger partial charge < -0.3 is 0 Å². The Morgan fingerprint density at radius 2 is 0.966 bits per heavy atom. The zero-order valence-electron chi connectivity index (χ0n) is 15.3. The van der Waals surface area contributed by atoms with E-state index in [1.165, 1.54) is 6.92 Å². The largest absolute Gasteiger partial charge is 0.203 e. The topological polar surface area (TPSA) is 0 Å². The molecule has 0 aliphatic heterocycles. The maximum absolute atomic E-state index is 14.7. The van der Waals surface area contributed by atoms with E-state index in [4.69, 9.17) is 7.85 Å². The van der Waals surface area contributed by atoms with Crippen LogP contribution in [0, 0.1) is 52.4 Å². The van der Waals surface area contributed by atoms with Crippen molar-refractivity contribution in [3.8, 4) is 11.1 Å². The van der Waals surface area contributed by atoms with Crippen molar-refractivity contribution in [1.82, 2.24) is 0 Å². The second-order valence-corrected chi connectivity index (χ2v) is 6.56. The minimum absolute atomic E-state index is 0.163. The van der Waals surface area contributed by atoms with Crippen molar-refractivity contribution in [2.75, 3.05) is 0 Å². The minimum atomic E-state index is -2.55. The first-order chi connectivity index (χ1) is 13.4. The van der Waals surface area contributed by atoms with Crippen LogP contribution in [-0.2, 0) is 5.31 Å². The Hall–Kier alpha value is -2.13. The van der Waals surface area contributed by atoms with Crippen LogP contribution in [0.1, 0.15) is 45.1 Å². The Morgan fingerprint density at radius 3 is 1.38 bits per heavy atom. The summed E-state index contributed by atoms with van der Waals surface area (Å²) in [6, 6.07) is 0. The van der Waals surface area contributed by atoms with Gasteiger partial charge in [-0.05, 0) is 10.9 Å². The Kier molecular flexibility index (Phi) is 6.64. The summed E-state index contributed by atoms with van der Waals surface area (Å²) in [5.41, 5.74) is -4.77. The van der Waals surface area contributed by atoms with Gasteiger partial charge in [-0.3, -0.25) is 0 Å². The van der Waals surface area contributed by atoms with Gasteiger partial charge in [0.15, 0.2) is 46.5 Å². The minimum Gasteiger partial charge on any atom is -0.203 e. The van der Waals surface area contributed by atoms with Gasteiger partial charge in [0.2, 0.25) is 5.82 Å². The molecular formula is C19H14BF9. The molecule has 0 aromatic heterocycles. The van der Waals surface area contributed by atoms with Gasteiger partial charge >= 0.3 is 0 Å². The number of rotatable bonds is 6. The van der Waals surface area contributed by atoms with Crippen molar-refractivity contribution in [2.24, 2.45) is 0 Å². The van der Waals surface area contributed by atoms with Crippen LogP contribution in [0.4, 0.5) is 39.5 Å². The monoisotopic (exact) mass is 424 g/mol. The number of hydrogen-bond donors (Lipinski definition) is 0. The highest BCUT2D eigenvalue weighted by Gasteiger charge is 2.39. The van der Waals surface area contributed by atoms with Gasteiger partial charge in [0, 0.05) is 5.56 Å². The summed E-state index contributed by atoms with van der Waals surface area (Å²) in [4.78, 5) is 0. The second-order valence-electron chi connectivity index (χ2n) is 6.56. The maximum Gasteiger partial charge on any atom is 0.200 e. The summed E-state index contributed by atoms with van der Waals surface area (Å²) in [5.74, 6) is -21.7. The molecule has 1 unspecified atom stereocenters. The molecule has 0 aliphatic rings. The molecule has 156 valence electrons. The number of hydrogen-bond acceptors (Lipinski definition) is 0. The van der Waals surface area contributed by atoms with Crippen LogP contribution in [0.2, 0.25) is 0 Å². The van der Waals surface area contributed by atoms with Crippen molar-refractivity contribution in [1.29, 1.82) is 0 Å². The molecule has 2 aromatic carbocycles. The average molecular weight is 424 g/mol. The summed E-state index contributed by atoms with van der Waals surface area (Å²) in [5, 5.41) is -1.98. The zero-order valence-corrected chi connectivity index (χ0v) is 15.3. The number of benzene rings is 2. The SMILES string of the molecule is [B]C(CC)(CCCC)c1c(F)c(F)c(F)c(F)c1-c1c(F)c(F)c(F)c(F)c1F. The van der Waals surface area contributed by atoms with Crippen molar-refractivity contribution in [2.45, 2.75) is 44.8 Å². The van der Waals surface area contributed by atoms with E-state index < -0.39 is 74.4 Å². The fraction of sp³-hybridized carbons (Fsp3) is 0.368. The van der Waals surface area contributed by atoms with Gasteiger partial charge in [-0.15, -0.1) is 0 Å². The van der Waals surface area contributed by atoms with E-state index in [0.29, 0.717) is 6.42 Å². The molecule has 0 amide bonds. The molecule has 0 fully saturated rings. The molecule has 1 atom stereocenters. The molecule has 0 nitrogen and oxygen atoms in total. The lowest BCUT2D eigenvalue weighted by Crippen LogP contribution is -2.30. The molecular weight excluding hydrogens is 410 g/mol. The Bertz CT molecular complexity index is 929. The summed E-state index contributed by atoms with van der Waals surface area (Å²) in [6.07, 6.45) is 0.339. The Labute approximate surface area is 162 Å². The molecule has 0 N–H and O–H groups in total. The fourth-order valence-electron chi connectivity index (χ4n) is 3.13. The highest BCUT2D eigenvalue weighted by molar-refractivity contribution is 6.16. The van der Waals surface area contributed by atoms with Gasteiger partial charge in [-0.2, -0.15) is 0 Å². The molecule has 2 aromatic rings. The molecule has 10 heteroatoms. The molecule has 0 aliphatic carbocycles. The van der Waals surface area contributed by atoms with Gasteiger partial charge in [0.1, 0.15) is 0 Å². The standard InChI is InChI=1S/C19H14BF9/c1-3-5-6-19(20,4-2)9-7(10(21)14(25)17(28)13(9)24)8-11(22)15(26)18(29)16(27)12(8)23/h3-6H2,1-2H3. The van der Waals surface area contributed by atoms with E-state index in [1.807, 2.05) is 0 Å². The normalized spacial score (nSPS) is 13.6. The van der Waals surface area contributed by atoms with Crippen LogP contribution >= 0.6 is 0 Å². The molecule has 0 spiro atoms. The van der Waals surface area contributed by atoms with E-state index >= 15 is 0 Å². The van der Waals surface area contributed by atoms with E-state index in [-0.39, 0.29) is 19.3 Å². The molecule has 2 rings (SSSR count). The molecule has 0 bridgehead atoms. The summed E-state index contributed by atoms with van der Waals surface area (Å²) >= 11 is 0. The summed E-state index contributed by atoms with van der Waals surface area (Å²) in [6.45, 7) is 3.06. The summed E-state index contributed by atoms with van der Waals surface area (Å²) in [7, 11) is 6.04. The predicted octanol–water partition coefficient (Wildman–Crippen LogP) is 6.57. The Morgan fingerprint density at radius 1 is 0.586 bits per heavy atom. The molecule has 29 heavy (non-hydrogen) atoms. The van der Waals surface area contributed by atoms with E-state index in [9.17, 15) is 39.5 Å². The van der Waals surface area contributed by atoms with Gasteiger partial charge in [-0.25, -0.2) is 39.5 Å².